The zero-order chi connectivity index (χ0) is 14.3. The quantitative estimate of drug-likeness (QED) is 0.735. The Balaban J connectivity index is 2.34. The molecule has 19 heavy (non-hydrogen) atoms. The molecule has 1 rings (SSSR count). The van der Waals surface area contributed by atoms with Gasteiger partial charge in [-0.05, 0) is 18.2 Å². The van der Waals surface area contributed by atoms with E-state index in [1.165, 1.54) is 18.9 Å². The normalized spacial score (nSPS) is 11.9. The maximum atomic E-state index is 11.6. The van der Waals surface area contributed by atoms with Gasteiger partial charge in [-0.1, -0.05) is 22.0 Å². The minimum absolute atomic E-state index is 0.0380. The fourth-order valence-corrected chi connectivity index (χ4v) is 2.57. The lowest BCUT2D eigenvalue weighted by molar-refractivity contribution is -0.148. The Morgan fingerprint density at radius 3 is 2.84 bits per heavy atom. The summed E-state index contributed by atoms with van der Waals surface area (Å²) in [6.45, 7) is -0.0380. The minimum Gasteiger partial charge on any atom is -0.479 e. The van der Waals surface area contributed by atoms with Crippen LogP contribution < -0.4 is 5.32 Å². The molecule has 1 aromatic carbocycles. The van der Waals surface area contributed by atoms with Gasteiger partial charge < -0.3 is 15.2 Å². The number of ether oxygens (including phenoxy) is 1. The number of thioether (sulfide) groups is 1. The van der Waals surface area contributed by atoms with E-state index in [1.807, 2.05) is 24.3 Å². The molecule has 0 spiro atoms. The first-order valence-corrected chi connectivity index (χ1v) is 7.21. The molecule has 1 atom stereocenters. The summed E-state index contributed by atoms with van der Waals surface area (Å²) in [5.74, 6) is -1.09. The Bertz CT molecular complexity index is 455. The van der Waals surface area contributed by atoms with E-state index < -0.39 is 12.1 Å². The van der Waals surface area contributed by atoms with Gasteiger partial charge in [0, 0.05) is 16.5 Å². The van der Waals surface area contributed by atoms with Crippen LogP contribution in [0.25, 0.3) is 0 Å². The second kappa shape index (κ2) is 8.19. The van der Waals surface area contributed by atoms with Crippen molar-refractivity contribution in [3.63, 3.8) is 0 Å². The predicted octanol–water partition coefficient (Wildman–Crippen LogP) is 1.76. The summed E-state index contributed by atoms with van der Waals surface area (Å²) in [5.41, 5.74) is 0. The van der Waals surface area contributed by atoms with Gasteiger partial charge in [-0.3, -0.25) is 4.79 Å². The molecule has 7 heteroatoms. The summed E-state index contributed by atoms with van der Waals surface area (Å²) in [5, 5.41) is 11.3. The van der Waals surface area contributed by atoms with Gasteiger partial charge in [0.2, 0.25) is 5.91 Å². The number of aliphatic carboxylic acids is 1. The molecule has 0 fully saturated rings. The van der Waals surface area contributed by atoms with Crippen LogP contribution in [0.2, 0.25) is 0 Å². The van der Waals surface area contributed by atoms with Crippen molar-refractivity contribution in [2.45, 2.75) is 11.0 Å². The molecule has 0 saturated carbocycles. The van der Waals surface area contributed by atoms with Crippen LogP contribution in [0.4, 0.5) is 0 Å². The van der Waals surface area contributed by atoms with Crippen LogP contribution in [0, 0.1) is 0 Å². The summed E-state index contributed by atoms with van der Waals surface area (Å²) in [4.78, 5) is 23.2. The average Bonchev–Trinajstić information content (AvgIpc) is 2.37. The molecule has 0 aromatic heterocycles. The van der Waals surface area contributed by atoms with Gasteiger partial charge in [0.1, 0.15) is 0 Å². The molecule has 0 aliphatic rings. The van der Waals surface area contributed by atoms with E-state index in [1.54, 1.807) is 0 Å². The van der Waals surface area contributed by atoms with Gasteiger partial charge in [-0.2, -0.15) is 0 Å². The number of hydrogen-bond donors (Lipinski definition) is 2. The average molecular weight is 348 g/mol. The maximum Gasteiger partial charge on any atom is 0.334 e. The van der Waals surface area contributed by atoms with Crippen molar-refractivity contribution in [3.8, 4) is 0 Å². The van der Waals surface area contributed by atoms with Gasteiger partial charge in [0.25, 0.3) is 0 Å². The van der Waals surface area contributed by atoms with Crippen LogP contribution in [0.1, 0.15) is 0 Å². The van der Waals surface area contributed by atoms with E-state index in [0.717, 1.165) is 9.37 Å². The van der Waals surface area contributed by atoms with Crippen molar-refractivity contribution in [2.24, 2.45) is 0 Å². The number of carbonyl (C=O) groups is 2. The topological polar surface area (TPSA) is 75.6 Å². The van der Waals surface area contributed by atoms with Gasteiger partial charge in [-0.25, -0.2) is 4.79 Å². The van der Waals surface area contributed by atoms with Gasteiger partial charge in [-0.15, -0.1) is 11.8 Å². The second-order valence-corrected chi connectivity index (χ2v) is 5.58. The van der Waals surface area contributed by atoms with Crippen molar-refractivity contribution in [2.75, 3.05) is 19.4 Å². The Kier molecular flexibility index (Phi) is 6.90. The lowest BCUT2D eigenvalue weighted by atomic mass is 10.3. The van der Waals surface area contributed by atoms with E-state index in [2.05, 4.69) is 21.2 Å². The SMILES string of the molecule is COC(CNC(=O)CSc1cccc(Br)c1)C(=O)O. The Morgan fingerprint density at radius 1 is 1.53 bits per heavy atom. The Labute approximate surface area is 123 Å². The molecule has 0 heterocycles. The number of carboxylic acids is 1. The molecule has 0 saturated heterocycles. The number of benzene rings is 1. The lowest BCUT2D eigenvalue weighted by Gasteiger charge is -2.11. The highest BCUT2D eigenvalue weighted by atomic mass is 79.9. The number of amides is 1. The summed E-state index contributed by atoms with van der Waals surface area (Å²) >= 11 is 4.73. The standard InChI is InChI=1S/C12H14BrNO4S/c1-18-10(12(16)17)6-14-11(15)7-19-9-4-2-3-8(13)5-9/h2-5,10H,6-7H2,1H3,(H,14,15)(H,16,17). The van der Waals surface area contributed by atoms with Crippen molar-refractivity contribution >= 4 is 39.6 Å². The molecule has 1 aromatic rings. The number of nitrogens with one attached hydrogen (secondary N) is 1. The highest BCUT2D eigenvalue weighted by Gasteiger charge is 2.16. The molecular formula is C12H14BrNO4S. The molecule has 1 amide bonds. The molecule has 1 unspecified atom stereocenters. The van der Waals surface area contributed by atoms with Gasteiger partial charge >= 0.3 is 5.97 Å². The molecular weight excluding hydrogens is 334 g/mol. The first kappa shape index (κ1) is 16.0. The summed E-state index contributed by atoms with van der Waals surface area (Å²) in [7, 11) is 1.29. The Hall–Kier alpha value is -1.05. The first-order valence-electron chi connectivity index (χ1n) is 5.43. The molecule has 0 bridgehead atoms. The van der Waals surface area contributed by atoms with E-state index in [4.69, 9.17) is 9.84 Å². The maximum absolute atomic E-state index is 11.6. The second-order valence-electron chi connectivity index (χ2n) is 3.61. The molecule has 104 valence electrons. The van der Waals surface area contributed by atoms with Crippen molar-refractivity contribution in [3.05, 3.63) is 28.7 Å². The monoisotopic (exact) mass is 347 g/mol. The number of hydrogen-bond acceptors (Lipinski definition) is 4. The third kappa shape index (κ3) is 6.09. The highest BCUT2D eigenvalue weighted by molar-refractivity contribution is 9.10. The Morgan fingerprint density at radius 2 is 2.26 bits per heavy atom. The summed E-state index contributed by atoms with van der Waals surface area (Å²) < 4.78 is 5.66. The van der Waals surface area contributed by atoms with Crippen LogP contribution >= 0.6 is 27.7 Å². The van der Waals surface area contributed by atoms with E-state index in [9.17, 15) is 9.59 Å². The fraction of sp³-hybridized carbons (Fsp3) is 0.333. The van der Waals surface area contributed by atoms with E-state index >= 15 is 0 Å². The molecule has 0 radical (unpaired) electrons. The molecule has 5 nitrogen and oxygen atoms in total. The van der Waals surface area contributed by atoms with Crippen molar-refractivity contribution in [1.29, 1.82) is 0 Å². The molecule has 2 N–H and O–H groups in total. The first-order chi connectivity index (χ1) is 9.02. The third-order valence-corrected chi connectivity index (χ3v) is 3.70. The van der Waals surface area contributed by atoms with Crippen LogP contribution in [-0.2, 0) is 14.3 Å². The summed E-state index contributed by atoms with van der Waals surface area (Å²) in [6, 6.07) is 7.60. The smallest absolute Gasteiger partial charge is 0.334 e. The number of halogens is 1. The third-order valence-electron chi connectivity index (χ3n) is 2.21. The highest BCUT2D eigenvalue weighted by Crippen LogP contribution is 2.21. The number of carboxylic acid groups (broad SMARTS) is 1. The lowest BCUT2D eigenvalue weighted by Crippen LogP contribution is -2.38. The zero-order valence-corrected chi connectivity index (χ0v) is 12.7. The summed E-state index contributed by atoms with van der Waals surface area (Å²) in [6.07, 6.45) is -1.01. The van der Waals surface area contributed by atoms with Gasteiger partial charge in [0.15, 0.2) is 6.10 Å². The van der Waals surface area contributed by atoms with E-state index in [-0.39, 0.29) is 18.2 Å². The molecule has 0 aliphatic heterocycles. The molecule has 0 aliphatic carbocycles. The zero-order valence-electron chi connectivity index (χ0n) is 10.3. The van der Waals surface area contributed by atoms with Crippen LogP contribution in [0.15, 0.2) is 33.6 Å². The number of methoxy groups -OCH3 is 1. The van der Waals surface area contributed by atoms with E-state index in [0.29, 0.717) is 0 Å². The van der Waals surface area contributed by atoms with Gasteiger partial charge in [0.05, 0.1) is 12.3 Å². The number of carbonyl (C=O) groups excluding carboxylic acids is 1. The van der Waals surface area contributed by atoms with Crippen molar-refractivity contribution in [1.82, 2.24) is 5.32 Å². The van der Waals surface area contributed by atoms with Crippen LogP contribution in [0.5, 0.6) is 0 Å². The van der Waals surface area contributed by atoms with Crippen molar-refractivity contribution < 1.29 is 19.4 Å². The fourth-order valence-electron chi connectivity index (χ4n) is 1.23. The number of rotatable bonds is 7. The predicted molar refractivity (Wildman–Crippen MR) is 76.3 cm³/mol. The minimum atomic E-state index is -1.09. The largest absolute Gasteiger partial charge is 0.479 e. The van der Waals surface area contributed by atoms with Crippen LogP contribution in [0.3, 0.4) is 0 Å². The van der Waals surface area contributed by atoms with Crippen LogP contribution in [-0.4, -0.2) is 42.5 Å².